The van der Waals surface area contributed by atoms with Crippen LogP contribution in [0.1, 0.15) is 25.8 Å². The number of halogens is 2. The van der Waals surface area contributed by atoms with Crippen LogP contribution in [0, 0.1) is 0 Å². The van der Waals surface area contributed by atoms with Gasteiger partial charge in [0.2, 0.25) is 0 Å². The Kier molecular flexibility index (Phi) is 3.81. The summed E-state index contributed by atoms with van der Waals surface area (Å²) in [6.45, 7) is 4.10. The van der Waals surface area contributed by atoms with Gasteiger partial charge in [-0.1, -0.05) is 28.1 Å². The molecular weight excluding hydrogens is 247 g/mol. The molecule has 13 heavy (non-hydrogen) atoms. The first-order chi connectivity index (χ1) is 5.97. The molecule has 0 nitrogen and oxygen atoms in total. The van der Waals surface area contributed by atoms with Crippen molar-refractivity contribution < 1.29 is 0 Å². The minimum atomic E-state index is -0.0902. The van der Waals surface area contributed by atoms with Gasteiger partial charge in [0.1, 0.15) is 0 Å². The van der Waals surface area contributed by atoms with Gasteiger partial charge in [0.05, 0.1) is 0 Å². The van der Waals surface area contributed by atoms with Crippen molar-refractivity contribution in [2.45, 2.75) is 31.6 Å². The summed E-state index contributed by atoms with van der Waals surface area (Å²) in [5.74, 6) is 0. The number of hydrogen-bond donors (Lipinski definition) is 0. The summed E-state index contributed by atoms with van der Waals surface area (Å²) in [7, 11) is 0. The average molecular weight is 262 g/mol. The van der Waals surface area contributed by atoms with Crippen LogP contribution < -0.4 is 0 Å². The van der Waals surface area contributed by atoms with Gasteiger partial charge in [-0.15, -0.1) is 11.6 Å². The fourth-order valence-corrected chi connectivity index (χ4v) is 1.45. The van der Waals surface area contributed by atoms with Gasteiger partial charge in [-0.25, -0.2) is 0 Å². The molecule has 0 saturated heterocycles. The van der Waals surface area contributed by atoms with Gasteiger partial charge < -0.3 is 0 Å². The van der Waals surface area contributed by atoms with E-state index in [0.29, 0.717) is 0 Å². The van der Waals surface area contributed by atoms with E-state index in [4.69, 9.17) is 11.6 Å². The van der Waals surface area contributed by atoms with E-state index in [1.165, 1.54) is 5.56 Å². The summed E-state index contributed by atoms with van der Waals surface area (Å²) in [5, 5.41) is 0. The SMILES string of the molecule is CC(C)(Cl)CCc1ccc(Br)cc1. The first kappa shape index (κ1) is 11.1. The molecule has 0 atom stereocenters. The molecule has 2 heteroatoms. The summed E-state index contributed by atoms with van der Waals surface area (Å²) in [6, 6.07) is 8.40. The Morgan fingerprint density at radius 1 is 1.23 bits per heavy atom. The van der Waals surface area contributed by atoms with E-state index in [0.717, 1.165) is 17.3 Å². The summed E-state index contributed by atoms with van der Waals surface area (Å²) in [6.07, 6.45) is 2.06. The molecule has 0 aliphatic rings. The Morgan fingerprint density at radius 3 is 2.23 bits per heavy atom. The third-order valence-corrected chi connectivity index (χ3v) is 2.64. The van der Waals surface area contributed by atoms with Crippen molar-refractivity contribution >= 4 is 27.5 Å². The molecule has 72 valence electrons. The highest BCUT2D eigenvalue weighted by Crippen LogP contribution is 2.21. The number of rotatable bonds is 3. The van der Waals surface area contributed by atoms with Crippen LogP contribution in [0.25, 0.3) is 0 Å². The van der Waals surface area contributed by atoms with Gasteiger partial charge in [0.25, 0.3) is 0 Å². The fourth-order valence-electron chi connectivity index (χ4n) is 1.09. The molecular formula is C11H14BrCl. The molecule has 0 amide bonds. The Hall–Kier alpha value is -0.0100. The van der Waals surface area contributed by atoms with Gasteiger partial charge in [0, 0.05) is 9.35 Å². The lowest BCUT2D eigenvalue weighted by atomic mass is 10.0. The van der Waals surface area contributed by atoms with Crippen molar-refractivity contribution in [1.82, 2.24) is 0 Å². The second-order valence-corrected chi connectivity index (χ2v) is 5.78. The molecule has 0 fully saturated rings. The molecule has 1 aromatic carbocycles. The van der Waals surface area contributed by atoms with E-state index in [9.17, 15) is 0 Å². The van der Waals surface area contributed by atoms with E-state index in [1.54, 1.807) is 0 Å². The third-order valence-electron chi connectivity index (χ3n) is 1.92. The first-order valence-corrected chi connectivity index (χ1v) is 5.58. The smallest absolute Gasteiger partial charge is 0.0393 e. The minimum absolute atomic E-state index is 0.0902. The zero-order valence-electron chi connectivity index (χ0n) is 7.98. The normalized spacial score (nSPS) is 11.7. The van der Waals surface area contributed by atoms with E-state index in [1.807, 2.05) is 13.8 Å². The van der Waals surface area contributed by atoms with Crippen LogP contribution in [0.15, 0.2) is 28.7 Å². The lowest BCUT2D eigenvalue weighted by Crippen LogP contribution is -2.10. The Morgan fingerprint density at radius 2 is 1.77 bits per heavy atom. The van der Waals surface area contributed by atoms with Crippen LogP contribution in [0.4, 0.5) is 0 Å². The minimum Gasteiger partial charge on any atom is -0.120 e. The number of alkyl halides is 1. The van der Waals surface area contributed by atoms with Crippen molar-refractivity contribution in [1.29, 1.82) is 0 Å². The summed E-state index contributed by atoms with van der Waals surface area (Å²) in [4.78, 5) is -0.0902. The van der Waals surface area contributed by atoms with Crippen molar-refractivity contribution in [2.24, 2.45) is 0 Å². The number of hydrogen-bond acceptors (Lipinski definition) is 0. The highest BCUT2D eigenvalue weighted by atomic mass is 79.9. The van der Waals surface area contributed by atoms with Crippen molar-refractivity contribution in [3.05, 3.63) is 34.3 Å². The molecule has 0 saturated carbocycles. The molecule has 0 aliphatic heterocycles. The maximum absolute atomic E-state index is 6.11. The molecule has 0 bridgehead atoms. The molecule has 0 N–H and O–H groups in total. The number of aryl methyl sites for hydroxylation is 1. The van der Waals surface area contributed by atoms with Crippen molar-refractivity contribution in [3.8, 4) is 0 Å². The highest BCUT2D eigenvalue weighted by Gasteiger charge is 2.12. The highest BCUT2D eigenvalue weighted by molar-refractivity contribution is 9.10. The zero-order chi connectivity index (χ0) is 9.90. The summed E-state index contributed by atoms with van der Waals surface area (Å²) in [5.41, 5.74) is 1.34. The maximum atomic E-state index is 6.11. The monoisotopic (exact) mass is 260 g/mol. The van der Waals surface area contributed by atoms with Gasteiger partial charge in [-0.05, 0) is 44.4 Å². The Balaban J connectivity index is 2.51. The third kappa shape index (κ3) is 4.68. The zero-order valence-corrected chi connectivity index (χ0v) is 10.3. The van der Waals surface area contributed by atoms with E-state index >= 15 is 0 Å². The van der Waals surface area contributed by atoms with Crippen molar-refractivity contribution in [3.63, 3.8) is 0 Å². The van der Waals surface area contributed by atoms with Gasteiger partial charge in [-0.2, -0.15) is 0 Å². The topological polar surface area (TPSA) is 0 Å². The van der Waals surface area contributed by atoms with Crippen LogP contribution in [0.2, 0.25) is 0 Å². The van der Waals surface area contributed by atoms with E-state index in [-0.39, 0.29) is 4.87 Å². The lowest BCUT2D eigenvalue weighted by molar-refractivity contribution is 0.627. The van der Waals surface area contributed by atoms with Crippen LogP contribution >= 0.6 is 27.5 Å². The van der Waals surface area contributed by atoms with Gasteiger partial charge >= 0.3 is 0 Å². The Bertz CT molecular complexity index is 258. The maximum Gasteiger partial charge on any atom is 0.0393 e. The largest absolute Gasteiger partial charge is 0.120 e. The average Bonchev–Trinajstić information content (AvgIpc) is 2.02. The summed E-state index contributed by atoms with van der Waals surface area (Å²) >= 11 is 9.52. The molecule has 0 aliphatic carbocycles. The van der Waals surface area contributed by atoms with E-state index < -0.39 is 0 Å². The molecule has 0 heterocycles. The number of benzene rings is 1. The van der Waals surface area contributed by atoms with Crippen LogP contribution in [-0.2, 0) is 6.42 Å². The molecule has 0 aromatic heterocycles. The van der Waals surface area contributed by atoms with Crippen LogP contribution in [0.5, 0.6) is 0 Å². The molecule has 1 rings (SSSR count). The first-order valence-electron chi connectivity index (χ1n) is 4.41. The predicted octanol–water partition coefficient (Wildman–Crippen LogP) is 4.40. The molecule has 1 aromatic rings. The lowest BCUT2D eigenvalue weighted by Gasteiger charge is -2.14. The summed E-state index contributed by atoms with van der Waals surface area (Å²) < 4.78 is 1.13. The standard InChI is InChI=1S/C11H14BrCl/c1-11(2,13)8-7-9-3-5-10(12)6-4-9/h3-6H,7-8H2,1-2H3. The molecule has 0 radical (unpaired) electrons. The van der Waals surface area contributed by atoms with Crippen molar-refractivity contribution in [2.75, 3.05) is 0 Å². The fraction of sp³-hybridized carbons (Fsp3) is 0.455. The Labute approximate surface area is 93.4 Å². The van der Waals surface area contributed by atoms with Gasteiger partial charge in [0.15, 0.2) is 0 Å². The molecule has 0 spiro atoms. The van der Waals surface area contributed by atoms with E-state index in [2.05, 4.69) is 40.2 Å². The van der Waals surface area contributed by atoms with Crippen LogP contribution in [0.3, 0.4) is 0 Å². The predicted molar refractivity (Wildman–Crippen MR) is 62.4 cm³/mol. The molecule has 0 unspecified atom stereocenters. The van der Waals surface area contributed by atoms with Crippen LogP contribution in [-0.4, -0.2) is 4.87 Å². The second kappa shape index (κ2) is 4.47. The van der Waals surface area contributed by atoms with Gasteiger partial charge in [-0.3, -0.25) is 0 Å². The second-order valence-electron chi connectivity index (χ2n) is 3.85. The quantitative estimate of drug-likeness (QED) is 0.708.